The lowest BCUT2D eigenvalue weighted by atomic mass is 10.1. The number of rotatable bonds is 6. The van der Waals surface area contributed by atoms with Crippen molar-refractivity contribution < 1.29 is 4.74 Å². The summed E-state index contributed by atoms with van der Waals surface area (Å²) >= 11 is 0. The van der Waals surface area contributed by atoms with Crippen molar-refractivity contribution in [2.45, 2.75) is 0 Å². The Morgan fingerprint density at radius 2 is 1.83 bits per heavy atom. The molecule has 1 N–H and O–H groups in total. The lowest BCUT2D eigenvalue weighted by molar-refractivity contribution is 0.0398. The minimum Gasteiger partial charge on any atom is -0.384 e. The second-order valence-electron chi connectivity index (χ2n) is 7.15. The number of pyridine rings is 1. The first-order chi connectivity index (χ1) is 14.3. The van der Waals surface area contributed by atoms with Gasteiger partial charge in [0.25, 0.3) is 0 Å². The Bertz CT molecular complexity index is 997. The summed E-state index contributed by atoms with van der Waals surface area (Å²) in [6.45, 7) is 5.65. The van der Waals surface area contributed by atoms with Crippen LogP contribution in [-0.2, 0) is 11.8 Å². The van der Waals surface area contributed by atoms with Crippen molar-refractivity contribution >= 4 is 5.69 Å². The zero-order valence-electron chi connectivity index (χ0n) is 16.6. The molecule has 1 aliphatic heterocycles. The summed E-state index contributed by atoms with van der Waals surface area (Å²) in [7, 11) is 2.03. The van der Waals surface area contributed by atoms with Gasteiger partial charge in [-0.05, 0) is 35.9 Å². The Morgan fingerprint density at radius 1 is 1.07 bits per heavy atom. The SMILES string of the molecule is Cn1c(-c2ccc(NCCN3CCOCC3)cc2)ccc1-c1ccncc1C#N. The number of morpholine rings is 1. The van der Waals surface area contributed by atoms with Crippen LogP contribution in [-0.4, -0.2) is 53.8 Å². The monoisotopic (exact) mass is 387 g/mol. The number of nitriles is 1. The first kappa shape index (κ1) is 19.2. The van der Waals surface area contributed by atoms with Crippen LogP contribution in [0.2, 0.25) is 0 Å². The summed E-state index contributed by atoms with van der Waals surface area (Å²) < 4.78 is 7.51. The smallest absolute Gasteiger partial charge is 0.101 e. The van der Waals surface area contributed by atoms with E-state index in [0.717, 1.165) is 67.6 Å². The highest BCUT2D eigenvalue weighted by Crippen LogP contribution is 2.30. The summed E-state index contributed by atoms with van der Waals surface area (Å²) in [5, 5.41) is 12.9. The summed E-state index contributed by atoms with van der Waals surface area (Å²) in [4.78, 5) is 6.47. The van der Waals surface area contributed by atoms with E-state index in [9.17, 15) is 5.26 Å². The minimum atomic E-state index is 0.583. The lowest BCUT2D eigenvalue weighted by Crippen LogP contribution is -2.38. The van der Waals surface area contributed by atoms with Crippen LogP contribution in [0.25, 0.3) is 22.5 Å². The molecule has 0 aliphatic carbocycles. The summed E-state index contributed by atoms with van der Waals surface area (Å²) in [5.74, 6) is 0. The van der Waals surface area contributed by atoms with Gasteiger partial charge in [-0.15, -0.1) is 0 Å². The number of hydrogen-bond acceptors (Lipinski definition) is 5. The number of ether oxygens (including phenoxy) is 1. The van der Waals surface area contributed by atoms with Gasteiger partial charge in [-0.25, -0.2) is 0 Å². The molecule has 3 heterocycles. The van der Waals surface area contributed by atoms with Gasteiger partial charge in [0.1, 0.15) is 6.07 Å². The molecule has 1 aliphatic rings. The molecule has 0 bridgehead atoms. The Labute approximate surface area is 171 Å². The topological polar surface area (TPSA) is 66.1 Å². The molecule has 0 atom stereocenters. The van der Waals surface area contributed by atoms with Crippen molar-refractivity contribution in [1.29, 1.82) is 5.26 Å². The number of nitrogens with one attached hydrogen (secondary N) is 1. The molecule has 6 nitrogen and oxygen atoms in total. The molecule has 0 radical (unpaired) electrons. The molecule has 0 unspecified atom stereocenters. The van der Waals surface area contributed by atoms with E-state index in [0.29, 0.717) is 5.56 Å². The molecule has 0 amide bonds. The van der Waals surface area contributed by atoms with Crippen LogP contribution >= 0.6 is 0 Å². The number of hydrogen-bond donors (Lipinski definition) is 1. The van der Waals surface area contributed by atoms with Gasteiger partial charge in [0.2, 0.25) is 0 Å². The first-order valence-corrected chi connectivity index (χ1v) is 9.91. The lowest BCUT2D eigenvalue weighted by Gasteiger charge is -2.26. The largest absolute Gasteiger partial charge is 0.384 e. The van der Waals surface area contributed by atoms with Crippen LogP contribution < -0.4 is 5.32 Å². The van der Waals surface area contributed by atoms with E-state index in [-0.39, 0.29) is 0 Å². The molecule has 3 aromatic rings. The zero-order chi connectivity index (χ0) is 20.1. The molecular formula is C23H25N5O. The number of nitrogens with zero attached hydrogens (tertiary/aromatic N) is 4. The summed E-state index contributed by atoms with van der Waals surface area (Å²) in [6.07, 6.45) is 3.33. The normalized spacial score (nSPS) is 14.5. The molecule has 1 aromatic carbocycles. The Balaban J connectivity index is 1.44. The van der Waals surface area contributed by atoms with E-state index in [1.807, 2.05) is 13.1 Å². The van der Waals surface area contributed by atoms with Crippen molar-refractivity contribution in [3.8, 4) is 28.6 Å². The standard InChI is InChI=1S/C23H25N5O/c1-27-22(6-7-23(27)21-8-9-25-17-19(21)16-24)18-2-4-20(5-3-18)26-10-11-28-12-14-29-15-13-28/h2-9,17,26H,10-15H2,1H3. The molecule has 4 rings (SSSR count). The van der Waals surface area contributed by atoms with Crippen LogP contribution in [0.15, 0.2) is 54.9 Å². The average molecular weight is 387 g/mol. The van der Waals surface area contributed by atoms with E-state index in [1.54, 1.807) is 12.4 Å². The second-order valence-corrected chi connectivity index (χ2v) is 7.15. The third-order valence-electron chi connectivity index (χ3n) is 5.38. The quantitative estimate of drug-likeness (QED) is 0.702. The van der Waals surface area contributed by atoms with Crippen molar-refractivity contribution in [3.63, 3.8) is 0 Å². The number of benzene rings is 1. The molecular weight excluding hydrogens is 362 g/mol. The van der Waals surface area contributed by atoms with Crippen molar-refractivity contribution in [3.05, 3.63) is 60.4 Å². The molecule has 2 aromatic heterocycles. The predicted molar refractivity (Wildman–Crippen MR) is 115 cm³/mol. The molecule has 0 spiro atoms. The fourth-order valence-corrected chi connectivity index (χ4v) is 3.72. The fraction of sp³-hybridized carbons (Fsp3) is 0.304. The number of anilines is 1. The molecule has 29 heavy (non-hydrogen) atoms. The molecule has 148 valence electrons. The maximum absolute atomic E-state index is 9.36. The van der Waals surface area contributed by atoms with E-state index in [1.165, 1.54) is 0 Å². The Kier molecular flexibility index (Phi) is 5.89. The first-order valence-electron chi connectivity index (χ1n) is 9.91. The van der Waals surface area contributed by atoms with Crippen molar-refractivity contribution in [2.75, 3.05) is 44.7 Å². The Morgan fingerprint density at radius 3 is 2.59 bits per heavy atom. The average Bonchev–Trinajstić information content (AvgIpc) is 3.16. The number of aromatic nitrogens is 2. The van der Waals surface area contributed by atoms with Gasteiger partial charge in [-0.1, -0.05) is 12.1 Å². The van der Waals surface area contributed by atoms with Gasteiger partial charge in [-0.2, -0.15) is 5.26 Å². The molecule has 0 saturated carbocycles. The summed E-state index contributed by atoms with van der Waals surface area (Å²) in [5.41, 5.74) is 5.87. The van der Waals surface area contributed by atoms with Crippen molar-refractivity contribution in [2.24, 2.45) is 7.05 Å². The van der Waals surface area contributed by atoms with E-state index in [2.05, 4.69) is 62.2 Å². The van der Waals surface area contributed by atoms with Crippen LogP contribution in [0.3, 0.4) is 0 Å². The van der Waals surface area contributed by atoms with E-state index in [4.69, 9.17) is 4.74 Å². The highest BCUT2D eigenvalue weighted by atomic mass is 16.5. The maximum Gasteiger partial charge on any atom is 0.101 e. The van der Waals surface area contributed by atoms with Gasteiger partial charge in [0.05, 0.1) is 18.8 Å². The van der Waals surface area contributed by atoms with Crippen LogP contribution in [0.4, 0.5) is 5.69 Å². The summed E-state index contributed by atoms with van der Waals surface area (Å²) in [6, 6.07) is 16.8. The highest BCUT2D eigenvalue weighted by molar-refractivity contribution is 5.73. The van der Waals surface area contributed by atoms with Gasteiger partial charge in [0, 0.05) is 68.3 Å². The van der Waals surface area contributed by atoms with E-state index < -0.39 is 0 Å². The molecule has 1 fully saturated rings. The minimum absolute atomic E-state index is 0.583. The van der Waals surface area contributed by atoms with Gasteiger partial charge in [-0.3, -0.25) is 9.88 Å². The zero-order valence-corrected chi connectivity index (χ0v) is 16.6. The fourth-order valence-electron chi connectivity index (χ4n) is 3.72. The third kappa shape index (κ3) is 4.32. The van der Waals surface area contributed by atoms with Crippen LogP contribution in [0.5, 0.6) is 0 Å². The van der Waals surface area contributed by atoms with Gasteiger partial charge >= 0.3 is 0 Å². The Hall–Kier alpha value is -3.14. The highest BCUT2D eigenvalue weighted by Gasteiger charge is 2.12. The maximum atomic E-state index is 9.36. The van der Waals surface area contributed by atoms with Crippen LogP contribution in [0.1, 0.15) is 5.56 Å². The van der Waals surface area contributed by atoms with Crippen LogP contribution in [0, 0.1) is 11.3 Å². The predicted octanol–water partition coefficient (Wildman–Crippen LogP) is 3.37. The van der Waals surface area contributed by atoms with E-state index >= 15 is 0 Å². The molecule has 6 heteroatoms. The van der Waals surface area contributed by atoms with Crippen molar-refractivity contribution in [1.82, 2.24) is 14.5 Å². The third-order valence-corrected chi connectivity index (χ3v) is 5.38. The molecule has 1 saturated heterocycles. The second kappa shape index (κ2) is 8.91. The van der Waals surface area contributed by atoms with Gasteiger partial charge < -0.3 is 14.6 Å². The van der Waals surface area contributed by atoms with Gasteiger partial charge in [0.15, 0.2) is 0 Å².